The van der Waals surface area contributed by atoms with E-state index in [1.807, 2.05) is 11.5 Å². The largest absolute Gasteiger partial charge is 0.465 e. The van der Waals surface area contributed by atoms with Crippen molar-refractivity contribution in [3.8, 4) is 0 Å². The molecule has 1 aromatic rings. The zero-order valence-corrected chi connectivity index (χ0v) is 10.9. The van der Waals surface area contributed by atoms with Gasteiger partial charge in [0.15, 0.2) is 5.16 Å². The van der Waals surface area contributed by atoms with Crippen molar-refractivity contribution < 1.29 is 9.53 Å². The van der Waals surface area contributed by atoms with E-state index < -0.39 is 0 Å². The molecule has 90 valence electrons. The van der Waals surface area contributed by atoms with E-state index >= 15 is 0 Å². The fourth-order valence-electron chi connectivity index (χ4n) is 1.37. The molecule has 5 nitrogen and oxygen atoms in total. The lowest BCUT2D eigenvalue weighted by Gasteiger charge is -2.11. The highest BCUT2D eigenvalue weighted by Gasteiger charge is 2.13. The molecule has 1 heterocycles. The molecule has 0 saturated heterocycles. The fraction of sp³-hybridized carbons (Fsp3) is 0.700. The molecule has 0 aliphatic carbocycles. The molecule has 16 heavy (non-hydrogen) atoms. The van der Waals surface area contributed by atoms with Gasteiger partial charge >= 0.3 is 5.97 Å². The predicted octanol–water partition coefficient (Wildman–Crippen LogP) is 1.82. The van der Waals surface area contributed by atoms with E-state index in [-0.39, 0.29) is 11.7 Å². The van der Waals surface area contributed by atoms with Crippen LogP contribution in [0.2, 0.25) is 0 Å². The smallest absolute Gasteiger partial charge is 0.316 e. The molecule has 0 saturated carbocycles. The lowest BCUT2D eigenvalue weighted by molar-refractivity contribution is -0.139. The van der Waals surface area contributed by atoms with Crippen molar-refractivity contribution in [1.82, 2.24) is 14.8 Å². The number of carbonyl (C=O) groups is 1. The summed E-state index contributed by atoms with van der Waals surface area (Å²) in [4.78, 5) is 11.2. The van der Waals surface area contributed by atoms with E-state index in [9.17, 15) is 4.79 Å². The average molecular weight is 243 g/mol. The van der Waals surface area contributed by atoms with Crippen LogP contribution in [0.15, 0.2) is 5.16 Å². The second-order valence-corrected chi connectivity index (χ2v) is 4.53. The SMILES string of the molecule is CCOC(=O)CSc1nnc(C)n1C(C)C. The second kappa shape index (κ2) is 5.89. The molecule has 1 rings (SSSR count). The van der Waals surface area contributed by atoms with E-state index in [1.165, 1.54) is 11.8 Å². The van der Waals surface area contributed by atoms with Crippen molar-refractivity contribution >= 4 is 17.7 Å². The van der Waals surface area contributed by atoms with Gasteiger partial charge in [0.05, 0.1) is 12.4 Å². The van der Waals surface area contributed by atoms with Gasteiger partial charge < -0.3 is 9.30 Å². The monoisotopic (exact) mass is 243 g/mol. The van der Waals surface area contributed by atoms with Crippen molar-refractivity contribution in [2.24, 2.45) is 0 Å². The molecule has 6 heteroatoms. The van der Waals surface area contributed by atoms with Gasteiger partial charge in [0.25, 0.3) is 0 Å². The first-order valence-corrected chi connectivity index (χ1v) is 6.24. The van der Waals surface area contributed by atoms with E-state index in [1.54, 1.807) is 6.92 Å². The zero-order chi connectivity index (χ0) is 12.1. The third-order valence-electron chi connectivity index (χ3n) is 1.98. The van der Waals surface area contributed by atoms with Crippen molar-refractivity contribution in [2.45, 2.75) is 38.9 Å². The van der Waals surface area contributed by atoms with Crippen molar-refractivity contribution in [2.75, 3.05) is 12.4 Å². The van der Waals surface area contributed by atoms with Crippen molar-refractivity contribution in [3.63, 3.8) is 0 Å². The maximum absolute atomic E-state index is 11.2. The standard InChI is InChI=1S/C10H17N3O2S/c1-5-15-9(14)6-16-10-12-11-8(4)13(10)7(2)3/h7H,5-6H2,1-4H3. The van der Waals surface area contributed by atoms with Crippen LogP contribution in [0.3, 0.4) is 0 Å². The Balaban J connectivity index is 2.64. The van der Waals surface area contributed by atoms with Crippen molar-refractivity contribution in [3.05, 3.63) is 5.82 Å². The van der Waals surface area contributed by atoms with Crippen LogP contribution in [0.25, 0.3) is 0 Å². The minimum atomic E-state index is -0.219. The molecule has 0 spiro atoms. The first kappa shape index (κ1) is 13.0. The quantitative estimate of drug-likeness (QED) is 0.583. The summed E-state index contributed by atoms with van der Waals surface area (Å²) in [5.41, 5.74) is 0. The van der Waals surface area contributed by atoms with Gasteiger partial charge in [0, 0.05) is 6.04 Å². The average Bonchev–Trinajstić information content (AvgIpc) is 2.57. The van der Waals surface area contributed by atoms with Crippen LogP contribution in [0, 0.1) is 6.92 Å². The van der Waals surface area contributed by atoms with Gasteiger partial charge in [-0.3, -0.25) is 4.79 Å². The Morgan fingerprint density at radius 3 is 2.75 bits per heavy atom. The molecular weight excluding hydrogens is 226 g/mol. The summed E-state index contributed by atoms with van der Waals surface area (Å²) < 4.78 is 6.86. The van der Waals surface area contributed by atoms with Crippen LogP contribution >= 0.6 is 11.8 Å². The summed E-state index contributed by atoms with van der Waals surface area (Å²) in [5.74, 6) is 0.920. The Bertz CT molecular complexity index is 363. The number of rotatable bonds is 5. The van der Waals surface area contributed by atoms with E-state index in [4.69, 9.17) is 4.74 Å². The second-order valence-electron chi connectivity index (χ2n) is 3.59. The zero-order valence-electron chi connectivity index (χ0n) is 10.1. The highest BCUT2D eigenvalue weighted by atomic mass is 32.2. The highest BCUT2D eigenvalue weighted by Crippen LogP contribution is 2.20. The molecule has 0 bridgehead atoms. The molecule has 0 aliphatic rings. The Morgan fingerprint density at radius 2 is 2.19 bits per heavy atom. The molecule has 0 N–H and O–H groups in total. The molecule has 0 amide bonds. The summed E-state index contributed by atoms with van der Waals surface area (Å²) >= 11 is 1.36. The van der Waals surface area contributed by atoms with Gasteiger partial charge in [-0.05, 0) is 27.7 Å². The number of hydrogen-bond donors (Lipinski definition) is 0. The van der Waals surface area contributed by atoms with Crippen LogP contribution < -0.4 is 0 Å². The maximum atomic E-state index is 11.2. The summed E-state index contributed by atoms with van der Waals surface area (Å²) in [7, 11) is 0. The van der Waals surface area contributed by atoms with Crippen molar-refractivity contribution in [1.29, 1.82) is 0 Å². The Kier molecular flexibility index (Phi) is 4.79. The van der Waals surface area contributed by atoms with E-state index in [0.29, 0.717) is 12.6 Å². The Hall–Kier alpha value is -1.04. The normalized spacial score (nSPS) is 10.8. The maximum Gasteiger partial charge on any atom is 0.316 e. The van der Waals surface area contributed by atoms with Crippen LogP contribution in [0.1, 0.15) is 32.6 Å². The number of hydrogen-bond acceptors (Lipinski definition) is 5. The van der Waals surface area contributed by atoms with Crippen LogP contribution in [0.4, 0.5) is 0 Å². The van der Waals surface area contributed by atoms with Gasteiger partial charge in [-0.1, -0.05) is 11.8 Å². The highest BCUT2D eigenvalue weighted by molar-refractivity contribution is 7.99. The molecule has 0 aromatic carbocycles. The fourth-order valence-corrected chi connectivity index (χ4v) is 2.28. The number of aromatic nitrogens is 3. The number of nitrogens with zero attached hydrogens (tertiary/aromatic N) is 3. The van der Waals surface area contributed by atoms with E-state index in [0.717, 1.165) is 11.0 Å². The predicted molar refractivity (Wildman–Crippen MR) is 62.5 cm³/mol. The summed E-state index contributed by atoms with van der Waals surface area (Å²) in [5, 5.41) is 8.80. The first-order valence-electron chi connectivity index (χ1n) is 5.26. The van der Waals surface area contributed by atoms with Gasteiger partial charge in [-0.15, -0.1) is 10.2 Å². The summed E-state index contributed by atoms with van der Waals surface area (Å²) in [6, 6.07) is 0.291. The Labute approximate surface area is 99.6 Å². The number of aryl methyl sites for hydroxylation is 1. The van der Waals surface area contributed by atoms with Gasteiger partial charge in [0.1, 0.15) is 5.82 Å². The minimum absolute atomic E-state index is 0.219. The number of thioether (sulfide) groups is 1. The van der Waals surface area contributed by atoms with E-state index in [2.05, 4.69) is 24.0 Å². The third-order valence-corrected chi connectivity index (χ3v) is 2.89. The van der Waals surface area contributed by atoms with Crippen LogP contribution in [0.5, 0.6) is 0 Å². The molecule has 0 atom stereocenters. The molecule has 0 aliphatic heterocycles. The molecule has 0 radical (unpaired) electrons. The lowest BCUT2D eigenvalue weighted by Crippen LogP contribution is -2.09. The Morgan fingerprint density at radius 1 is 1.50 bits per heavy atom. The molecule has 1 aromatic heterocycles. The number of esters is 1. The first-order chi connectivity index (χ1) is 7.56. The topological polar surface area (TPSA) is 57.0 Å². The molecule has 0 fully saturated rings. The third kappa shape index (κ3) is 3.23. The van der Waals surface area contributed by atoms with Gasteiger partial charge in [0.2, 0.25) is 0 Å². The summed E-state index contributed by atoms with van der Waals surface area (Å²) in [6.45, 7) is 8.23. The molecule has 0 unspecified atom stereocenters. The van der Waals surface area contributed by atoms with Gasteiger partial charge in [-0.25, -0.2) is 0 Å². The minimum Gasteiger partial charge on any atom is -0.465 e. The van der Waals surface area contributed by atoms with Crippen LogP contribution in [-0.2, 0) is 9.53 Å². The summed E-state index contributed by atoms with van der Waals surface area (Å²) in [6.07, 6.45) is 0. The molecular formula is C10H17N3O2S. The number of ether oxygens (including phenoxy) is 1. The van der Waals surface area contributed by atoms with Gasteiger partial charge in [-0.2, -0.15) is 0 Å². The lowest BCUT2D eigenvalue weighted by atomic mass is 10.4. The number of carbonyl (C=O) groups excluding carboxylic acids is 1. The van der Waals surface area contributed by atoms with Crippen LogP contribution in [-0.4, -0.2) is 33.1 Å².